The van der Waals surface area contributed by atoms with Gasteiger partial charge in [0.2, 0.25) is 0 Å². The quantitative estimate of drug-likeness (QED) is 0.521. The molecule has 2 aromatic rings. The maximum absolute atomic E-state index is 5.91. The highest BCUT2D eigenvalue weighted by Gasteiger charge is 1.97. The summed E-state index contributed by atoms with van der Waals surface area (Å²) >= 11 is 7.37. The van der Waals surface area contributed by atoms with Crippen LogP contribution in [-0.4, -0.2) is 11.4 Å². The lowest BCUT2D eigenvalue weighted by molar-refractivity contribution is 1.25. The van der Waals surface area contributed by atoms with Crippen LogP contribution in [0.1, 0.15) is 16.7 Å². The number of halogens is 1. The van der Waals surface area contributed by atoms with E-state index < -0.39 is 0 Å². The molecule has 0 fully saturated rings. The molecular formula is C16H16ClN3S. The average Bonchev–Trinajstić information content (AvgIpc) is 2.48. The van der Waals surface area contributed by atoms with E-state index in [0.717, 1.165) is 16.9 Å². The molecule has 0 unspecified atom stereocenters. The largest absolute Gasteiger partial charge is 0.377 e. The van der Waals surface area contributed by atoms with Gasteiger partial charge in [0.1, 0.15) is 0 Å². The monoisotopic (exact) mass is 317 g/mol. The zero-order chi connectivity index (χ0) is 15.1. The van der Waals surface area contributed by atoms with Gasteiger partial charge in [-0.25, -0.2) is 0 Å². The highest BCUT2D eigenvalue weighted by atomic mass is 35.5. The van der Waals surface area contributed by atoms with Crippen molar-refractivity contribution in [3.8, 4) is 0 Å². The molecule has 0 saturated carbocycles. The minimum absolute atomic E-state index is 0.446. The van der Waals surface area contributed by atoms with Gasteiger partial charge in [0.25, 0.3) is 0 Å². The number of amidine groups is 1. The Kier molecular flexibility index (Phi) is 5.84. The van der Waals surface area contributed by atoms with Gasteiger partial charge in [-0.05, 0) is 35.7 Å². The van der Waals surface area contributed by atoms with E-state index >= 15 is 0 Å². The molecule has 0 aliphatic rings. The van der Waals surface area contributed by atoms with Gasteiger partial charge in [-0.2, -0.15) is 5.10 Å². The fraction of sp³-hybridized carbons (Fsp3) is 0.125. The van der Waals surface area contributed by atoms with Crippen molar-refractivity contribution in [2.75, 3.05) is 0 Å². The molecule has 5 heteroatoms. The Bertz CT molecular complexity index is 654. The Balaban J connectivity index is 1.92. The van der Waals surface area contributed by atoms with Gasteiger partial charge in [-0.3, -0.25) is 0 Å². The van der Waals surface area contributed by atoms with E-state index in [4.69, 9.17) is 17.3 Å². The number of rotatable bonds is 4. The Morgan fingerprint density at radius 1 is 1.24 bits per heavy atom. The second-order valence-electron chi connectivity index (χ2n) is 4.46. The maximum Gasteiger partial charge on any atom is 0.180 e. The molecule has 108 valence electrons. The first-order valence-corrected chi connectivity index (χ1v) is 7.81. The van der Waals surface area contributed by atoms with E-state index in [-0.39, 0.29) is 0 Å². The standard InChI is InChI=1S/C16H16ClN3S/c1-12-9-15(17)8-7-14(12)10-19-20-16(18)21-11-13-5-3-2-4-6-13/h2-10H,11H2,1H3,(H2,18,20). The minimum atomic E-state index is 0.446. The third-order valence-corrected chi connectivity index (χ3v) is 3.90. The van der Waals surface area contributed by atoms with Crippen molar-refractivity contribution in [3.05, 3.63) is 70.2 Å². The van der Waals surface area contributed by atoms with Crippen molar-refractivity contribution < 1.29 is 0 Å². The predicted molar refractivity (Wildman–Crippen MR) is 93.1 cm³/mol. The number of thioether (sulfide) groups is 1. The van der Waals surface area contributed by atoms with Crippen LogP contribution in [0.15, 0.2) is 58.7 Å². The zero-order valence-corrected chi connectivity index (χ0v) is 13.2. The summed E-state index contributed by atoms with van der Waals surface area (Å²) in [5.41, 5.74) is 9.06. The zero-order valence-electron chi connectivity index (χ0n) is 11.7. The Morgan fingerprint density at radius 3 is 2.71 bits per heavy atom. The summed E-state index contributed by atoms with van der Waals surface area (Å²) < 4.78 is 0. The lowest BCUT2D eigenvalue weighted by atomic mass is 10.1. The summed E-state index contributed by atoms with van der Waals surface area (Å²) in [6, 6.07) is 15.7. The van der Waals surface area contributed by atoms with E-state index in [2.05, 4.69) is 22.3 Å². The molecule has 0 aliphatic carbocycles. The third kappa shape index (κ3) is 5.25. The van der Waals surface area contributed by atoms with Crippen LogP contribution in [0.25, 0.3) is 0 Å². The molecular weight excluding hydrogens is 302 g/mol. The number of nitrogens with zero attached hydrogens (tertiary/aromatic N) is 2. The summed E-state index contributed by atoms with van der Waals surface area (Å²) in [5, 5.41) is 9.17. The smallest absolute Gasteiger partial charge is 0.180 e. The number of hydrogen-bond donors (Lipinski definition) is 1. The third-order valence-electron chi connectivity index (χ3n) is 2.81. The van der Waals surface area contributed by atoms with Crippen molar-refractivity contribution in [1.82, 2.24) is 0 Å². The van der Waals surface area contributed by atoms with Gasteiger partial charge in [0, 0.05) is 10.8 Å². The van der Waals surface area contributed by atoms with E-state index in [0.29, 0.717) is 10.2 Å². The van der Waals surface area contributed by atoms with Crippen LogP contribution in [-0.2, 0) is 5.75 Å². The summed E-state index contributed by atoms with van der Waals surface area (Å²) in [6.07, 6.45) is 1.68. The lowest BCUT2D eigenvalue weighted by Gasteiger charge is -2.00. The van der Waals surface area contributed by atoms with E-state index in [9.17, 15) is 0 Å². The number of hydrogen-bond acceptors (Lipinski definition) is 3. The van der Waals surface area contributed by atoms with Crippen LogP contribution >= 0.6 is 23.4 Å². The predicted octanol–water partition coefficient (Wildman–Crippen LogP) is 4.23. The topological polar surface area (TPSA) is 50.7 Å². The molecule has 0 aromatic heterocycles. The van der Waals surface area contributed by atoms with Gasteiger partial charge < -0.3 is 5.73 Å². The highest BCUT2D eigenvalue weighted by molar-refractivity contribution is 8.13. The molecule has 2 rings (SSSR count). The van der Waals surface area contributed by atoms with Gasteiger partial charge in [-0.15, -0.1) is 5.10 Å². The Labute approximate surface area is 133 Å². The van der Waals surface area contributed by atoms with Gasteiger partial charge >= 0.3 is 0 Å². The second kappa shape index (κ2) is 7.86. The minimum Gasteiger partial charge on any atom is -0.377 e. The van der Waals surface area contributed by atoms with Crippen LogP contribution in [0, 0.1) is 6.92 Å². The van der Waals surface area contributed by atoms with Crippen molar-refractivity contribution >= 4 is 34.7 Å². The van der Waals surface area contributed by atoms with Crippen LogP contribution in [0.5, 0.6) is 0 Å². The fourth-order valence-electron chi connectivity index (χ4n) is 1.69. The molecule has 0 amide bonds. The summed E-state index contributed by atoms with van der Waals surface area (Å²) in [6.45, 7) is 1.98. The summed E-state index contributed by atoms with van der Waals surface area (Å²) in [4.78, 5) is 0. The Morgan fingerprint density at radius 2 is 2.00 bits per heavy atom. The first-order valence-electron chi connectivity index (χ1n) is 6.44. The molecule has 0 spiro atoms. The van der Waals surface area contributed by atoms with E-state index in [1.54, 1.807) is 6.21 Å². The SMILES string of the molecule is Cc1cc(Cl)ccc1C=NN=C(N)SCc1ccccc1. The molecule has 2 aromatic carbocycles. The maximum atomic E-state index is 5.91. The molecule has 0 atom stereocenters. The van der Waals surface area contributed by atoms with Crippen LogP contribution in [0.3, 0.4) is 0 Å². The lowest BCUT2D eigenvalue weighted by Crippen LogP contribution is -2.06. The summed E-state index contributed by atoms with van der Waals surface area (Å²) in [7, 11) is 0. The van der Waals surface area contributed by atoms with Crippen LogP contribution < -0.4 is 5.73 Å². The molecule has 0 radical (unpaired) electrons. The number of nitrogens with two attached hydrogens (primary N) is 1. The molecule has 3 nitrogen and oxygen atoms in total. The van der Waals surface area contributed by atoms with E-state index in [1.165, 1.54) is 17.3 Å². The Hall–Kier alpha value is -1.78. The van der Waals surface area contributed by atoms with Crippen LogP contribution in [0.4, 0.5) is 0 Å². The van der Waals surface area contributed by atoms with E-state index in [1.807, 2.05) is 43.3 Å². The molecule has 21 heavy (non-hydrogen) atoms. The summed E-state index contributed by atoms with van der Waals surface area (Å²) in [5.74, 6) is 0.783. The van der Waals surface area contributed by atoms with Gasteiger partial charge in [0.05, 0.1) is 6.21 Å². The fourth-order valence-corrected chi connectivity index (χ4v) is 2.53. The first kappa shape index (κ1) is 15.6. The molecule has 0 heterocycles. The number of aryl methyl sites for hydroxylation is 1. The number of benzene rings is 2. The van der Waals surface area contributed by atoms with Gasteiger partial charge in [0.15, 0.2) is 5.17 Å². The van der Waals surface area contributed by atoms with Crippen molar-refractivity contribution in [1.29, 1.82) is 0 Å². The molecule has 0 saturated heterocycles. The van der Waals surface area contributed by atoms with Crippen molar-refractivity contribution in [3.63, 3.8) is 0 Å². The van der Waals surface area contributed by atoms with Crippen molar-refractivity contribution in [2.45, 2.75) is 12.7 Å². The van der Waals surface area contributed by atoms with Crippen LogP contribution in [0.2, 0.25) is 5.02 Å². The first-order chi connectivity index (χ1) is 10.1. The molecule has 0 aliphatic heterocycles. The second-order valence-corrected chi connectivity index (χ2v) is 5.89. The highest BCUT2D eigenvalue weighted by Crippen LogP contribution is 2.14. The normalized spacial score (nSPS) is 12.0. The average molecular weight is 318 g/mol. The van der Waals surface area contributed by atoms with Crippen molar-refractivity contribution in [2.24, 2.45) is 15.9 Å². The molecule has 2 N–H and O–H groups in total. The van der Waals surface area contributed by atoms with Gasteiger partial charge in [-0.1, -0.05) is 59.8 Å². The molecule has 0 bridgehead atoms.